The first kappa shape index (κ1) is 21.7. The van der Waals surface area contributed by atoms with Gasteiger partial charge in [-0.05, 0) is 31.4 Å². The van der Waals surface area contributed by atoms with Crippen LogP contribution in [-0.2, 0) is 6.54 Å². The Morgan fingerprint density at radius 3 is 2.61 bits per heavy atom. The average molecular weight is 407 g/mol. The highest BCUT2D eigenvalue weighted by atomic mass is 35.5. The Balaban J connectivity index is 0.00000280. The predicted octanol–water partition coefficient (Wildman–Crippen LogP) is -0.00420. The molecule has 8 nitrogen and oxygen atoms in total. The standard InChI is InChI=1S/C19H25N5O3.ClH/c25-19(21-8-5-10-22-13-9-20-15-22)16-6-7-17(18(14-16)24(26)27)23-11-3-1-2-4-12-23;/h6-7,9,13-15H,1-5,8,10-12H2,(H,21,25);1H/p-1. The van der Waals surface area contributed by atoms with Crippen LogP contribution in [0.1, 0.15) is 42.5 Å². The molecule has 1 amide bonds. The molecule has 0 unspecified atom stereocenters. The first-order chi connectivity index (χ1) is 13.1. The highest BCUT2D eigenvalue weighted by molar-refractivity contribution is 5.95. The minimum Gasteiger partial charge on any atom is -1.00 e. The van der Waals surface area contributed by atoms with Crippen LogP contribution in [0.3, 0.4) is 0 Å². The number of carbonyl (C=O) groups is 1. The summed E-state index contributed by atoms with van der Waals surface area (Å²) in [5.41, 5.74) is 0.935. The zero-order chi connectivity index (χ0) is 19.1. The summed E-state index contributed by atoms with van der Waals surface area (Å²) in [4.78, 5) is 29.6. The normalized spacial score (nSPS) is 14.1. The Labute approximate surface area is 170 Å². The van der Waals surface area contributed by atoms with E-state index in [2.05, 4.69) is 15.2 Å². The maximum Gasteiger partial charge on any atom is 0.293 e. The number of nitro groups is 1. The van der Waals surface area contributed by atoms with Crippen molar-refractivity contribution in [3.63, 3.8) is 0 Å². The van der Waals surface area contributed by atoms with Crippen LogP contribution >= 0.6 is 0 Å². The van der Waals surface area contributed by atoms with Crippen molar-refractivity contribution in [1.29, 1.82) is 0 Å². The Morgan fingerprint density at radius 2 is 1.96 bits per heavy atom. The van der Waals surface area contributed by atoms with E-state index in [0.717, 1.165) is 51.7 Å². The van der Waals surface area contributed by atoms with Gasteiger partial charge in [0, 0.05) is 50.2 Å². The number of anilines is 1. The molecule has 2 heterocycles. The molecule has 9 heteroatoms. The molecule has 0 radical (unpaired) electrons. The van der Waals surface area contributed by atoms with E-state index in [0.29, 0.717) is 17.8 Å². The molecule has 28 heavy (non-hydrogen) atoms. The van der Waals surface area contributed by atoms with Crippen LogP contribution in [0, 0.1) is 10.1 Å². The number of amides is 1. The van der Waals surface area contributed by atoms with Gasteiger partial charge in [0.05, 0.1) is 11.3 Å². The summed E-state index contributed by atoms with van der Waals surface area (Å²) in [7, 11) is 0. The Hall–Kier alpha value is -2.61. The lowest BCUT2D eigenvalue weighted by atomic mass is 10.1. The van der Waals surface area contributed by atoms with Crippen LogP contribution < -0.4 is 22.6 Å². The molecule has 1 aromatic carbocycles. The van der Waals surface area contributed by atoms with Gasteiger partial charge in [-0.25, -0.2) is 4.98 Å². The minimum absolute atomic E-state index is 0. The van der Waals surface area contributed by atoms with Crippen molar-refractivity contribution in [2.24, 2.45) is 0 Å². The number of aryl methyl sites for hydroxylation is 1. The number of halogens is 1. The fourth-order valence-corrected chi connectivity index (χ4v) is 3.37. The van der Waals surface area contributed by atoms with Crippen molar-refractivity contribution in [3.8, 4) is 0 Å². The van der Waals surface area contributed by atoms with Crippen molar-refractivity contribution < 1.29 is 22.1 Å². The monoisotopic (exact) mass is 406 g/mol. The van der Waals surface area contributed by atoms with E-state index in [9.17, 15) is 14.9 Å². The topological polar surface area (TPSA) is 93.3 Å². The number of hydrogen-bond acceptors (Lipinski definition) is 5. The number of hydrogen-bond donors (Lipinski definition) is 1. The number of nitro benzene ring substituents is 1. The van der Waals surface area contributed by atoms with Crippen LogP contribution in [0.15, 0.2) is 36.9 Å². The molecule has 1 aliphatic heterocycles. The van der Waals surface area contributed by atoms with Gasteiger partial charge in [0.1, 0.15) is 5.69 Å². The summed E-state index contributed by atoms with van der Waals surface area (Å²) < 4.78 is 1.94. The van der Waals surface area contributed by atoms with E-state index in [1.807, 2.05) is 10.8 Å². The molecule has 152 valence electrons. The maximum absolute atomic E-state index is 12.4. The zero-order valence-corrected chi connectivity index (χ0v) is 16.5. The van der Waals surface area contributed by atoms with Crippen LogP contribution in [0.25, 0.3) is 0 Å². The fraction of sp³-hybridized carbons (Fsp3) is 0.474. The van der Waals surface area contributed by atoms with Crippen LogP contribution in [0.4, 0.5) is 11.4 Å². The van der Waals surface area contributed by atoms with E-state index in [1.165, 1.54) is 6.07 Å². The lowest BCUT2D eigenvalue weighted by molar-refractivity contribution is -0.384. The molecule has 0 spiro atoms. The van der Waals surface area contributed by atoms with Crippen molar-refractivity contribution in [2.45, 2.75) is 38.6 Å². The molecule has 1 aromatic heterocycles. The van der Waals surface area contributed by atoms with Gasteiger partial charge in [0.2, 0.25) is 0 Å². The quantitative estimate of drug-likeness (QED) is 0.397. The van der Waals surface area contributed by atoms with Gasteiger partial charge >= 0.3 is 0 Å². The second kappa shape index (κ2) is 10.7. The van der Waals surface area contributed by atoms with Crippen LogP contribution in [0.5, 0.6) is 0 Å². The number of imidazole rings is 1. The van der Waals surface area contributed by atoms with E-state index >= 15 is 0 Å². The van der Waals surface area contributed by atoms with Crippen LogP contribution in [-0.4, -0.2) is 40.0 Å². The lowest BCUT2D eigenvalue weighted by Crippen LogP contribution is -3.00. The Bertz CT molecular complexity index is 774. The summed E-state index contributed by atoms with van der Waals surface area (Å²) in [6.45, 7) is 2.90. The Kier molecular flexibility index (Phi) is 8.25. The third-order valence-corrected chi connectivity index (χ3v) is 4.82. The summed E-state index contributed by atoms with van der Waals surface area (Å²) in [6.07, 6.45) is 10.5. The first-order valence-corrected chi connectivity index (χ1v) is 9.42. The first-order valence-electron chi connectivity index (χ1n) is 9.42. The molecule has 0 aliphatic carbocycles. The van der Waals surface area contributed by atoms with Gasteiger partial charge in [-0.2, -0.15) is 0 Å². The Morgan fingerprint density at radius 1 is 1.21 bits per heavy atom. The molecule has 3 rings (SSSR count). The molecule has 1 saturated heterocycles. The molecule has 0 saturated carbocycles. The van der Waals surface area contributed by atoms with Gasteiger partial charge in [0.25, 0.3) is 11.6 Å². The van der Waals surface area contributed by atoms with Gasteiger partial charge in [-0.1, -0.05) is 12.8 Å². The van der Waals surface area contributed by atoms with Gasteiger partial charge in [0.15, 0.2) is 0 Å². The molecule has 1 fully saturated rings. The number of nitrogens with one attached hydrogen (secondary N) is 1. The van der Waals surface area contributed by atoms with E-state index < -0.39 is 4.92 Å². The SMILES string of the molecule is O=C(NCCCn1ccnc1)c1ccc(N2CCCCCC2)c([N+](=O)[O-])c1.[Cl-]. The largest absolute Gasteiger partial charge is 1.00 e. The number of benzene rings is 1. The van der Waals surface area contributed by atoms with E-state index in [4.69, 9.17) is 0 Å². The summed E-state index contributed by atoms with van der Waals surface area (Å²) in [5.74, 6) is -0.286. The van der Waals surface area contributed by atoms with Gasteiger partial charge in [-0.15, -0.1) is 0 Å². The molecule has 1 N–H and O–H groups in total. The van der Waals surface area contributed by atoms with Gasteiger partial charge in [-0.3, -0.25) is 14.9 Å². The molecular weight excluding hydrogens is 382 g/mol. The van der Waals surface area contributed by atoms with Crippen molar-refractivity contribution >= 4 is 17.3 Å². The minimum atomic E-state index is -0.393. The smallest absolute Gasteiger partial charge is 0.293 e. The average Bonchev–Trinajstić information content (AvgIpc) is 3.04. The lowest BCUT2D eigenvalue weighted by Gasteiger charge is -2.22. The van der Waals surface area contributed by atoms with Crippen molar-refractivity contribution in [2.75, 3.05) is 24.5 Å². The van der Waals surface area contributed by atoms with Crippen LogP contribution in [0.2, 0.25) is 0 Å². The van der Waals surface area contributed by atoms with E-state index in [1.54, 1.807) is 24.7 Å². The number of nitrogens with zero attached hydrogens (tertiary/aromatic N) is 4. The summed E-state index contributed by atoms with van der Waals surface area (Å²) in [6, 6.07) is 4.79. The second-order valence-electron chi connectivity index (χ2n) is 6.77. The molecule has 2 aromatic rings. The molecule has 0 atom stereocenters. The number of aromatic nitrogens is 2. The van der Waals surface area contributed by atoms with E-state index in [-0.39, 0.29) is 24.0 Å². The second-order valence-corrected chi connectivity index (χ2v) is 6.77. The maximum atomic E-state index is 12.4. The number of carbonyl (C=O) groups excluding carboxylic acids is 1. The third-order valence-electron chi connectivity index (χ3n) is 4.82. The molecule has 0 bridgehead atoms. The fourth-order valence-electron chi connectivity index (χ4n) is 3.37. The predicted molar refractivity (Wildman–Crippen MR) is 103 cm³/mol. The zero-order valence-electron chi connectivity index (χ0n) is 15.7. The van der Waals surface area contributed by atoms with Gasteiger partial charge < -0.3 is 27.2 Å². The highest BCUT2D eigenvalue weighted by Gasteiger charge is 2.22. The highest BCUT2D eigenvalue weighted by Crippen LogP contribution is 2.31. The molecular formula is C19H25ClN5O3-. The summed E-state index contributed by atoms with van der Waals surface area (Å²) >= 11 is 0. The van der Waals surface area contributed by atoms with Crippen molar-refractivity contribution in [3.05, 3.63) is 52.6 Å². The number of rotatable bonds is 7. The van der Waals surface area contributed by atoms with Crippen molar-refractivity contribution in [1.82, 2.24) is 14.9 Å². The molecule has 1 aliphatic rings. The third kappa shape index (κ3) is 5.69. The summed E-state index contributed by atoms with van der Waals surface area (Å²) in [5, 5.41) is 14.4.